The number of nitrogens with one attached hydrogen (secondary N) is 1. The molecule has 0 amide bonds. The standard InChI is InChI=1S/C8H11N3O2S/c1-2-13-8(12)6-4(9)3-5(14)11-7(6)10/h3H,2H2,1H3,(H5,9,10,11,14). The topological polar surface area (TPSA) is 94.1 Å². The lowest BCUT2D eigenvalue weighted by Crippen LogP contribution is -2.12. The molecule has 0 aliphatic carbocycles. The highest BCUT2D eigenvalue weighted by atomic mass is 32.1. The van der Waals surface area contributed by atoms with Gasteiger partial charge in [-0.3, -0.25) is 0 Å². The summed E-state index contributed by atoms with van der Waals surface area (Å²) in [5.74, 6) is -0.415. The fraction of sp³-hybridized carbons (Fsp3) is 0.250. The average Bonchev–Trinajstić information content (AvgIpc) is 2.01. The van der Waals surface area contributed by atoms with Gasteiger partial charge in [-0.2, -0.15) is 0 Å². The molecule has 0 spiro atoms. The first-order valence-corrected chi connectivity index (χ1v) is 4.42. The van der Waals surface area contributed by atoms with Crippen LogP contribution in [0.1, 0.15) is 17.3 Å². The van der Waals surface area contributed by atoms with Crippen LogP contribution < -0.4 is 11.5 Å². The van der Waals surface area contributed by atoms with Gasteiger partial charge in [0.25, 0.3) is 0 Å². The molecule has 0 saturated carbocycles. The van der Waals surface area contributed by atoms with Crippen LogP contribution in [0.3, 0.4) is 0 Å². The van der Waals surface area contributed by atoms with Gasteiger partial charge in [0, 0.05) is 0 Å². The number of carbonyl (C=O) groups excluding carboxylic acids is 1. The molecule has 0 aliphatic rings. The molecule has 76 valence electrons. The molecule has 5 N–H and O–H groups in total. The van der Waals surface area contributed by atoms with Crippen molar-refractivity contribution in [3.8, 4) is 0 Å². The Morgan fingerprint density at radius 3 is 2.79 bits per heavy atom. The summed E-state index contributed by atoms with van der Waals surface area (Å²) in [6.45, 7) is 1.97. The van der Waals surface area contributed by atoms with E-state index in [1.54, 1.807) is 6.92 Å². The molecule has 1 rings (SSSR count). The second-order valence-electron chi connectivity index (χ2n) is 2.60. The molecular formula is C8H11N3O2S. The summed E-state index contributed by atoms with van der Waals surface area (Å²) >= 11 is 4.83. The molecule has 0 aliphatic heterocycles. The Hall–Kier alpha value is -1.56. The molecule has 0 unspecified atom stereocenters. The number of H-pyrrole nitrogens is 1. The zero-order valence-corrected chi connectivity index (χ0v) is 8.48. The van der Waals surface area contributed by atoms with Crippen LogP contribution in [0.5, 0.6) is 0 Å². The molecule has 0 atom stereocenters. The van der Waals surface area contributed by atoms with Gasteiger partial charge in [0.2, 0.25) is 0 Å². The number of hydrogen-bond donors (Lipinski definition) is 3. The fourth-order valence-corrected chi connectivity index (χ4v) is 1.27. The minimum absolute atomic E-state index is 0.133. The van der Waals surface area contributed by atoms with Crippen LogP contribution in [-0.2, 0) is 4.74 Å². The predicted molar refractivity (Wildman–Crippen MR) is 56.4 cm³/mol. The molecule has 1 aromatic heterocycles. The summed E-state index contributed by atoms with van der Waals surface area (Å²) in [7, 11) is 0. The van der Waals surface area contributed by atoms with Crippen LogP contribution in [0.25, 0.3) is 0 Å². The summed E-state index contributed by atoms with van der Waals surface area (Å²) in [4.78, 5) is 14.0. The number of ether oxygens (including phenoxy) is 1. The van der Waals surface area contributed by atoms with E-state index in [0.717, 1.165) is 0 Å². The summed E-state index contributed by atoms with van der Waals surface area (Å²) in [6, 6.07) is 1.46. The van der Waals surface area contributed by atoms with E-state index in [-0.39, 0.29) is 23.7 Å². The number of hydrogen-bond acceptors (Lipinski definition) is 5. The summed E-state index contributed by atoms with van der Waals surface area (Å²) < 4.78 is 5.16. The van der Waals surface area contributed by atoms with Crippen LogP contribution in [-0.4, -0.2) is 17.6 Å². The number of nitrogens with two attached hydrogens (primary N) is 2. The minimum Gasteiger partial charge on any atom is -0.462 e. The number of carbonyl (C=O) groups is 1. The SMILES string of the molecule is CCOC(=O)c1c(N)cc(=S)[nH]c1N. The van der Waals surface area contributed by atoms with Gasteiger partial charge in [0.15, 0.2) is 0 Å². The Bertz CT molecular complexity index is 387. The Morgan fingerprint density at radius 1 is 1.64 bits per heavy atom. The third-order valence-corrected chi connectivity index (χ3v) is 1.80. The van der Waals surface area contributed by atoms with E-state index in [1.807, 2.05) is 0 Å². The van der Waals surface area contributed by atoms with Gasteiger partial charge in [-0.25, -0.2) is 4.79 Å². The zero-order valence-electron chi connectivity index (χ0n) is 7.66. The highest BCUT2D eigenvalue weighted by molar-refractivity contribution is 7.71. The third kappa shape index (κ3) is 2.02. The third-order valence-electron chi connectivity index (χ3n) is 1.58. The van der Waals surface area contributed by atoms with Crippen molar-refractivity contribution in [2.75, 3.05) is 18.1 Å². The zero-order chi connectivity index (χ0) is 10.7. The highest BCUT2D eigenvalue weighted by Crippen LogP contribution is 2.18. The number of anilines is 2. The minimum atomic E-state index is -0.547. The molecule has 0 fully saturated rings. The Labute approximate surface area is 86.1 Å². The molecule has 0 radical (unpaired) electrons. The number of aromatic amines is 1. The van der Waals surface area contributed by atoms with E-state index in [4.69, 9.17) is 28.4 Å². The first kappa shape index (κ1) is 10.5. The van der Waals surface area contributed by atoms with Crippen molar-refractivity contribution in [1.29, 1.82) is 0 Å². The van der Waals surface area contributed by atoms with Crippen molar-refractivity contribution < 1.29 is 9.53 Å². The molecule has 14 heavy (non-hydrogen) atoms. The molecule has 5 nitrogen and oxygen atoms in total. The summed E-state index contributed by atoms with van der Waals surface area (Å²) in [5, 5.41) is 0. The van der Waals surface area contributed by atoms with Crippen molar-refractivity contribution in [2.24, 2.45) is 0 Å². The van der Waals surface area contributed by atoms with Crippen LogP contribution in [0.4, 0.5) is 11.5 Å². The monoisotopic (exact) mass is 213 g/mol. The maximum Gasteiger partial charge on any atom is 0.343 e. The first-order chi connectivity index (χ1) is 6.56. The van der Waals surface area contributed by atoms with Crippen molar-refractivity contribution in [1.82, 2.24) is 4.98 Å². The lowest BCUT2D eigenvalue weighted by Gasteiger charge is -2.07. The van der Waals surface area contributed by atoms with Crippen molar-refractivity contribution in [2.45, 2.75) is 6.92 Å². The average molecular weight is 213 g/mol. The Kier molecular flexibility index (Phi) is 3.08. The van der Waals surface area contributed by atoms with Gasteiger partial charge in [-0.1, -0.05) is 12.2 Å². The number of esters is 1. The largest absolute Gasteiger partial charge is 0.462 e. The van der Waals surface area contributed by atoms with E-state index < -0.39 is 5.97 Å². The van der Waals surface area contributed by atoms with Crippen LogP contribution in [0, 0.1) is 4.64 Å². The fourth-order valence-electron chi connectivity index (χ4n) is 1.03. The predicted octanol–water partition coefficient (Wildman–Crippen LogP) is 1.09. The number of pyridine rings is 1. The summed E-state index contributed by atoms with van der Waals surface area (Å²) in [6.07, 6.45) is 0. The first-order valence-electron chi connectivity index (χ1n) is 4.01. The van der Waals surface area contributed by atoms with E-state index in [0.29, 0.717) is 4.64 Å². The molecule has 0 aromatic carbocycles. The lowest BCUT2D eigenvalue weighted by atomic mass is 10.2. The number of rotatable bonds is 2. The second-order valence-corrected chi connectivity index (χ2v) is 3.04. The van der Waals surface area contributed by atoms with Crippen LogP contribution in [0.15, 0.2) is 6.07 Å². The molecule has 0 saturated heterocycles. The molecule has 6 heteroatoms. The Morgan fingerprint density at radius 2 is 2.29 bits per heavy atom. The smallest absolute Gasteiger partial charge is 0.343 e. The molecule has 1 aromatic rings. The molecular weight excluding hydrogens is 202 g/mol. The lowest BCUT2D eigenvalue weighted by molar-refractivity contribution is 0.0528. The van der Waals surface area contributed by atoms with E-state index in [2.05, 4.69) is 4.98 Å². The normalized spacial score (nSPS) is 9.79. The molecule has 0 bridgehead atoms. The molecule has 1 heterocycles. The Balaban J connectivity index is 3.21. The van der Waals surface area contributed by atoms with Crippen molar-refractivity contribution >= 4 is 29.7 Å². The van der Waals surface area contributed by atoms with Gasteiger partial charge < -0.3 is 21.2 Å². The van der Waals surface area contributed by atoms with E-state index in [1.165, 1.54) is 6.07 Å². The van der Waals surface area contributed by atoms with E-state index >= 15 is 0 Å². The van der Waals surface area contributed by atoms with E-state index in [9.17, 15) is 4.79 Å². The highest BCUT2D eigenvalue weighted by Gasteiger charge is 2.14. The van der Waals surface area contributed by atoms with Gasteiger partial charge >= 0.3 is 5.97 Å². The number of nitrogen functional groups attached to an aromatic ring is 2. The second kappa shape index (κ2) is 4.10. The van der Waals surface area contributed by atoms with Gasteiger partial charge in [0.1, 0.15) is 16.0 Å². The van der Waals surface area contributed by atoms with Crippen molar-refractivity contribution in [3.63, 3.8) is 0 Å². The quantitative estimate of drug-likeness (QED) is 0.505. The number of aromatic nitrogens is 1. The van der Waals surface area contributed by atoms with Crippen molar-refractivity contribution in [3.05, 3.63) is 16.3 Å². The summed E-state index contributed by atoms with van der Waals surface area (Å²) in [5.41, 5.74) is 11.5. The van der Waals surface area contributed by atoms with Gasteiger partial charge in [-0.15, -0.1) is 0 Å². The van der Waals surface area contributed by atoms with Gasteiger partial charge in [-0.05, 0) is 13.0 Å². The maximum atomic E-state index is 11.4. The van der Waals surface area contributed by atoms with Crippen LogP contribution in [0.2, 0.25) is 0 Å². The van der Waals surface area contributed by atoms with Crippen LogP contribution >= 0.6 is 12.2 Å². The van der Waals surface area contributed by atoms with Gasteiger partial charge in [0.05, 0.1) is 12.3 Å². The maximum absolute atomic E-state index is 11.4.